The third-order valence-electron chi connectivity index (χ3n) is 3.44. The minimum atomic E-state index is -0.112. The Balaban J connectivity index is 1.67. The fourth-order valence-electron chi connectivity index (χ4n) is 2.40. The van der Waals surface area contributed by atoms with Gasteiger partial charge in [-0.3, -0.25) is 4.79 Å². The summed E-state index contributed by atoms with van der Waals surface area (Å²) in [4.78, 5) is 17.1. The molecule has 2 heterocycles. The monoisotopic (exact) mass is 255 g/mol. The van der Waals surface area contributed by atoms with Gasteiger partial charge in [-0.05, 0) is 49.2 Å². The molecular formula is C15H17N3O. The number of anilines is 2. The molecule has 1 aliphatic rings. The lowest BCUT2D eigenvalue weighted by Gasteiger charge is -2.17. The van der Waals surface area contributed by atoms with Crippen LogP contribution in [-0.2, 0) is 0 Å². The molecule has 1 amide bonds. The van der Waals surface area contributed by atoms with E-state index >= 15 is 0 Å². The molecule has 1 saturated heterocycles. The van der Waals surface area contributed by atoms with Gasteiger partial charge in [0.15, 0.2) is 0 Å². The topological polar surface area (TPSA) is 48.1 Å². The van der Waals surface area contributed by atoms with Crippen molar-refractivity contribution in [3.8, 4) is 0 Å². The highest BCUT2D eigenvalue weighted by Crippen LogP contribution is 2.22. The first kappa shape index (κ1) is 11.8. The van der Waals surface area contributed by atoms with Gasteiger partial charge >= 0.3 is 0 Å². The Morgan fingerprint density at radius 3 is 2.47 bits per heavy atom. The van der Waals surface area contributed by atoms with Crippen LogP contribution >= 0.6 is 0 Å². The fourth-order valence-corrected chi connectivity index (χ4v) is 2.40. The minimum Gasteiger partial charge on any atom is -0.372 e. The van der Waals surface area contributed by atoms with E-state index in [1.54, 1.807) is 12.3 Å². The highest BCUT2D eigenvalue weighted by molar-refractivity contribution is 6.02. The maximum Gasteiger partial charge on any atom is 0.272 e. The number of carbonyl (C=O) groups is 1. The number of benzene rings is 1. The first-order valence-corrected chi connectivity index (χ1v) is 6.63. The standard InChI is InChI=1S/C15H17N3O/c19-15(14-4-3-9-16-14)17-12-5-7-13(8-6-12)18-10-1-2-11-18/h3-9,16H,1-2,10-11H2,(H,17,19). The molecule has 1 aliphatic heterocycles. The van der Waals surface area contributed by atoms with Gasteiger partial charge in [-0.25, -0.2) is 0 Å². The molecule has 0 spiro atoms. The van der Waals surface area contributed by atoms with Crippen molar-refractivity contribution in [2.45, 2.75) is 12.8 Å². The minimum absolute atomic E-state index is 0.112. The number of hydrogen-bond donors (Lipinski definition) is 2. The molecule has 0 radical (unpaired) electrons. The summed E-state index contributed by atoms with van der Waals surface area (Å²) in [5.74, 6) is -0.112. The van der Waals surface area contributed by atoms with Crippen LogP contribution in [0.5, 0.6) is 0 Å². The van der Waals surface area contributed by atoms with E-state index in [0.29, 0.717) is 5.69 Å². The van der Waals surface area contributed by atoms with Gasteiger partial charge in [0.25, 0.3) is 5.91 Å². The number of hydrogen-bond acceptors (Lipinski definition) is 2. The molecule has 1 aromatic heterocycles. The number of H-pyrrole nitrogens is 1. The second-order valence-corrected chi connectivity index (χ2v) is 4.78. The van der Waals surface area contributed by atoms with Crippen LogP contribution in [0.15, 0.2) is 42.6 Å². The number of rotatable bonds is 3. The Bertz CT molecular complexity index is 539. The summed E-state index contributed by atoms with van der Waals surface area (Å²) in [6.07, 6.45) is 4.28. The third kappa shape index (κ3) is 2.62. The summed E-state index contributed by atoms with van der Waals surface area (Å²) >= 11 is 0. The molecular weight excluding hydrogens is 238 g/mol. The van der Waals surface area contributed by atoms with Gasteiger partial charge in [0, 0.05) is 30.7 Å². The van der Waals surface area contributed by atoms with E-state index in [1.807, 2.05) is 18.2 Å². The largest absolute Gasteiger partial charge is 0.372 e. The molecule has 1 aromatic carbocycles. The lowest BCUT2D eigenvalue weighted by atomic mass is 10.2. The molecule has 0 bridgehead atoms. The average molecular weight is 255 g/mol. The Morgan fingerprint density at radius 1 is 1.11 bits per heavy atom. The SMILES string of the molecule is O=C(Nc1ccc(N2CCCC2)cc1)c1ccc[nH]1. The van der Waals surface area contributed by atoms with Crippen LogP contribution in [0.3, 0.4) is 0 Å². The molecule has 1 fully saturated rings. The Morgan fingerprint density at radius 2 is 1.84 bits per heavy atom. The fraction of sp³-hybridized carbons (Fsp3) is 0.267. The molecule has 2 N–H and O–H groups in total. The van der Waals surface area contributed by atoms with Crippen molar-refractivity contribution in [2.75, 3.05) is 23.3 Å². The van der Waals surface area contributed by atoms with E-state index in [2.05, 4.69) is 27.3 Å². The Hall–Kier alpha value is -2.23. The van der Waals surface area contributed by atoms with Crippen LogP contribution in [-0.4, -0.2) is 24.0 Å². The predicted molar refractivity (Wildman–Crippen MR) is 76.6 cm³/mol. The van der Waals surface area contributed by atoms with E-state index in [-0.39, 0.29) is 5.91 Å². The van der Waals surface area contributed by atoms with E-state index < -0.39 is 0 Å². The summed E-state index contributed by atoms with van der Waals surface area (Å²) < 4.78 is 0. The zero-order valence-corrected chi connectivity index (χ0v) is 10.7. The predicted octanol–water partition coefficient (Wildman–Crippen LogP) is 2.87. The van der Waals surface area contributed by atoms with Gasteiger partial charge in [-0.1, -0.05) is 0 Å². The molecule has 19 heavy (non-hydrogen) atoms. The van der Waals surface area contributed by atoms with Crippen molar-refractivity contribution in [3.05, 3.63) is 48.3 Å². The maximum atomic E-state index is 11.9. The zero-order chi connectivity index (χ0) is 13.1. The van der Waals surface area contributed by atoms with Gasteiger partial charge in [0.2, 0.25) is 0 Å². The van der Waals surface area contributed by atoms with Crippen molar-refractivity contribution in [1.29, 1.82) is 0 Å². The zero-order valence-electron chi connectivity index (χ0n) is 10.7. The highest BCUT2D eigenvalue weighted by Gasteiger charge is 2.12. The average Bonchev–Trinajstić information content (AvgIpc) is 3.13. The quantitative estimate of drug-likeness (QED) is 0.886. The Labute approximate surface area is 112 Å². The first-order chi connectivity index (χ1) is 9.33. The Kier molecular flexibility index (Phi) is 3.23. The molecule has 4 heteroatoms. The van der Waals surface area contributed by atoms with E-state index in [0.717, 1.165) is 18.8 Å². The van der Waals surface area contributed by atoms with Crippen molar-refractivity contribution >= 4 is 17.3 Å². The molecule has 2 aromatic rings. The van der Waals surface area contributed by atoms with Crippen molar-refractivity contribution in [1.82, 2.24) is 4.98 Å². The van der Waals surface area contributed by atoms with Crippen molar-refractivity contribution < 1.29 is 4.79 Å². The number of nitrogens with one attached hydrogen (secondary N) is 2. The number of carbonyl (C=O) groups excluding carboxylic acids is 1. The van der Waals surface area contributed by atoms with Gasteiger partial charge in [-0.2, -0.15) is 0 Å². The molecule has 0 atom stereocenters. The maximum absolute atomic E-state index is 11.9. The van der Waals surface area contributed by atoms with Crippen LogP contribution in [0.4, 0.5) is 11.4 Å². The highest BCUT2D eigenvalue weighted by atomic mass is 16.1. The molecule has 98 valence electrons. The first-order valence-electron chi connectivity index (χ1n) is 6.63. The lowest BCUT2D eigenvalue weighted by molar-refractivity contribution is 0.102. The molecule has 4 nitrogen and oxygen atoms in total. The molecule has 0 saturated carbocycles. The summed E-state index contributed by atoms with van der Waals surface area (Å²) in [5.41, 5.74) is 2.63. The summed E-state index contributed by atoms with van der Waals surface area (Å²) in [6, 6.07) is 11.6. The van der Waals surface area contributed by atoms with Gasteiger partial charge in [0.05, 0.1) is 0 Å². The van der Waals surface area contributed by atoms with Gasteiger partial charge in [-0.15, -0.1) is 0 Å². The molecule has 0 aliphatic carbocycles. The molecule has 0 unspecified atom stereocenters. The van der Waals surface area contributed by atoms with E-state index in [1.165, 1.54) is 18.5 Å². The van der Waals surface area contributed by atoms with Crippen LogP contribution < -0.4 is 10.2 Å². The van der Waals surface area contributed by atoms with E-state index in [9.17, 15) is 4.79 Å². The van der Waals surface area contributed by atoms with Crippen LogP contribution in [0.2, 0.25) is 0 Å². The summed E-state index contributed by atoms with van der Waals surface area (Å²) in [5, 5.41) is 2.87. The number of amides is 1. The number of aromatic nitrogens is 1. The van der Waals surface area contributed by atoms with Gasteiger partial charge in [0.1, 0.15) is 5.69 Å². The molecule has 3 rings (SSSR count). The van der Waals surface area contributed by atoms with Crippen LogP contribution in [0, 0.1) is 0 Å². The number of nitrogens with zero attached hydrogens (tertiary/aromatic N) is 1. The lowest BCUT2D eigenvalue weighted by Crippen LogP contribution is -2.17. The van der Waals surface area contributed by atoms with Crippen LogP contribution in [0.1, 0.15) is 23.3 Å². The third-order valence-corrected chi connectivity index (χ3v) is 3.44. The second kappa shape index (κ2) is 5.18. The summed E-state index contributed by atoms with van der Waals surface area (Å²) in [7, 11) is 0. The smallest absolute Gasteiger partial charge is 0.272 e. The summed E-state index contributed by atoms with van der Waals surface area (Å²) in [6.45, 7) is 2.27. The normalized spacial score (nSPS) is 14.6. The van der Waals surface area contributed by atoms with Gasteiger partial charge < -0.3 is 15.2 Å². The second-order valence-electron chi connectivity index (χ2n) is 4.78. The van der Waals surface area contributed by atoms with Crippen molar-refractivity contribution in [3.63, 3.8) is 0 Å². The van der Waals surface area contributed by atoms with Crippen molar-refractivity contribution in [2.24, 2.45) is 0 Å². The van der Waals surface area contributed by atoms with Crippen LogP contribution in [0.25, 0.3) is 0 Å². The van der Waals surface area contributed by atoms with E-state index in [4.69, 9.17) is 0 Å². The number of aromatic amines is 1.